The molecule has 110 valence electrons. The van der Waals surface area contributed by atoms with Gasteiger partial charge in [-0.05, 0) is 54.7 Å². The molecule has 2 aromatic carbocycles. The minimum atomic E-state index is -0.926. The second-order valence-electron chi connectivity index (χ2n) is 5.23. The molecule has 2 aromatic rings. The predicted octanol–water partition coefficient (Wildman–Crippen LogP) is 5.00. The van der Waals surface area contributed by atoms with Crippen LogP contribution in [0.3, 0.4) is 0 Å². The Labute approximate surface area is 125 Å². The Balaban J connectivity index is 2.33. The molecule has 0 aliphatic carbocycles. The summed E-state index contributed by atoms with van der Waals surface area (Å²) in [6.07, 6.45) is 1.04. The molecule has 1 unspecified atom stereocenters. The summed E-state index contributed by atoms with van der Waals surface area (Å²) in [6, 6.07) is 12.9. The molecule has 1 N–H and O–H groups in total. The standard InChI is InChI=1S/C18H20O3/c1-4-12(2)15-7-5-6-8-17(15)21-16-10-9-14(18(19)20)11-13(16)3/h5-12H,4H2,1-3H3,(H,19,20). The topological polar surface area (TPSA) is 46.5 Å². The van der Waals surface area contributed by atoms with E-state index in [9.17, 15) is 4.79 Å². The lowest BCUT2D eigenvalue weighted by Crippen LogP contribution is -1.99. The summed E-state index contributed by atoms with van der Waals surface area (Å²) < 4.78 is 6.01. The normalized spacial score (nSPS) is 12.0. The fourth-order valence-electron chi connectivity index (χ4n) is 2.22. The Morgan fingerprint density at radius 1 is 1.19 bits per heavy atom. The molecular weight excluding hydrogens is 264 g/mol. The summed E-state index contributed by atoms with van der Waals surface area (Å²) in [5.74, 6) is 1.01. The molecule has 0 heterocycles. The van der Waals surface area contributed by atoms with Gasteiger partial charge in [-0.15, -0.1) is 0 Å². The average molecular weight is 284 g/mol. The van der Waals surface area contributed by atoms with Crippen molar-refractivity contribution < 1.29 is 14.6 Å². The maximum atomic E-state index is 11.0. The van der Waals surface area contributed by atoms with Crippen molar-refractivity contribution in [3.8, 4) is 11.5 Å². The monoisotopic (exact) mass is 284 g/mol. The zero-order valence-electron chi connectivity index (χ0n) is 12.6. The van der Waals surface area contributed by atoms with Crippen LogP contribution < -0.4 is 4.74 Å². The number of aryl methyl sites for hydroxylation is 1. The van der Waals surface area contributed by atoms with Crippen LogP contribution in [0.1, 0.15) is 47.7 Å². The molecule has 0 saturated carbocycles. The van der Waals surface area contributed by atoms with Gasteiger partial charge in [-0.2, -0.15) is 0 Å². The van der Waals surface area contributed by atoms with Crippen molar-refractivity contribution >= 4 is 5.97 Å². The maximum absolute atomic E-state index is 11.0. The molecule has 0 fully saturated rings. The zero-order chi connectivity index (χ0) is 15.4. The van der Waals surface area contributed by atoms with Gasteiger partial charge in [0, 0.05) is 0 Å². The van der Waals surface area contributed by atoms with Gasteiger partial charge >= 0.3 is 5.97 Å². The highest BCUT2D eigenvalue weighted by Crippen LogP contribution is 2.33. The van der Waals surface area contributed by atoms with Gasteiger partial charge in [-0.25, -0.2) is 4.79 Å². The Bertz CT molecular complexity index is 647. The second kappa shape index (κ2) is 6.44. The van der Waals surface area contributed by atoms with Crippen LogP contribution in [0.4, 0.5) is 0 Å². The van der Waals surface area contributed by atoms with Crippen LogP contribution in [-0.2, 0) is 0 Å². The molecule has 0 bridgehead atoms. The minimum absolute atomic E-state index is 0.273. The van der Waals surface area contributed by atoms with Crippen LogP contribution >= 0.6 is 0 Å². The van der Waals surface area contributed by atoms with Crippen LogP contribution in [0.5, 0.6) is 11.5 Å². The van der Waals surface area contributed by atoms with Crippen molar-refractivity contribution in [1.82, 2.24) is 0 Å². The molecule has 0 spiro atoms. The van der Waals surface area contributed by atoms with E-state index >= 15 is 0 Å². The highest BCUT2D eigenvalue weighted by atomic mass is 16.5. The molecule has 0 saturated heterocycles. The molecule has 2 rings (SSSR count). The Morgan fingerprint density at radius 2 is 1.90 bits per heavy atom. The number of hydrogen-bond acceptors (Lipinski definition) is 2. The molecule has 0 radical (unpaired) electrons. The molecular formula is C18H20O3. The zero-order valence-corrected chi connectivity index (χ0v) is 12.6. The number of ether oxygens (including phenoxy) is 1. The van der Waals surface area contributed by atoms with Crippen molar-refractivity contribution in [2.45, 2.75) is 33.1 Å². The van der Waals surface area contributed by atoms with Gasteiger partial charge in [0.1, 0.15) is 11.5 Å². The number of carboxylic acid groups (broad SMARTS) is 1. The van der Waals surface area contributed by atoms with E-state index in [1.54, 1.807) is 18.2 Å². The number of rotatable bonds is 5. The van der Waals surface area contributed by atoms with Crippen LogP contribution in [0.15, 0.2) is 42.5 Å². The Hall–Kier alpha value is -2.29. The predicted molar refractivity (Wildman–Crippen MR) is 83.4 cm³/mol. The number of benzene rings is 2. The number of aromatic carboxylic acids is 1. The molecule has 0 amide bonds. The lowest BCUT2D eigenvalue weighted by molar-refractivity contribution is 0.0697. The summed E-state index contributed by atoms with van der Waals surface area (Å²) in [7, 11) is 0. The molecule has 0 aliphatic rings. The van der Waals surface area contributed by atoms with E-state index in [1.165, 1.54) is 5.56 Å². The SMILES string of the molecule is CCC(C)c1ccccc1Oc1ccc(C(=O)O)cc1C. The van der Waals surface area contributed by atoms with Gasteiger partial charge in [0.15, 0.2) is 0 Å². The highest BCUT2D eigenvalue weighted by molar-refractivity contribution is 5.88. The van der Waals surface area contributed by atoms with Gasteiger partial charge in [-0.3, -0.25) is 0 Å². The third kappa shape index (κ3) is 3.43. The first-order valence-corrected chi connectivity index (χ1v) is 7.13. The molecule has 0 aromatic heterocycles. The van der Waals surface area contributed by atoms with Crippen LogP contribution in [0.2, 0.25) is 0 Å². The number of hydrogen-bond donors (Lipinski definition) is 1. The number of carboxylic acids is 1. The first kappa shape index (κ1) is 15.1. The Kier molecular flexibility index (Phi) is 4.63. The van der Waals surface area contributed by atoms with E-state index in [0.29, 0.717) is 11.7 Å². The van der Waals surface area contributed by atoms with Gasteiger partial charge < -0.3 is 9.84 Å². The lowest BCUT2D eigenvalue weighted by Gasteiger charge is -2.16. The summed E-state index contributed by atoms with van der Waals surface area (Å²) in [5.41, 5.74) is 2.26. The van der Waals surface area contributed by atoms with E-state index in [1.807, 2.05) is 25.1 Å². The van der Waals surface area contributed by atoms with Crippen molar-refractivity contribution in [2.24, 2.45) is 0 Å². The number of para-hydroxylation sites is 1. The third-order valence-electron chi connectivity index (χ3n) is 3.70. The van der Waals surface area contributed by atoms with Gasteiger partial charge in [0.05, 0.1) is 5.56 Å². The third-order valence-corrected chi connectivity index (χ3v) is 3.70. The van der Waals surface area contributed by atoms with Crippen molar-refractivity contribution in [2.75, 3.05) is 0 Å². The number of carbonyl (C=O) groups is 1. The average Bonchev–Trinajstić information content (AvgIpc) is 2.49. The van der Waals surface area contributed by atoms with Crippen LogP contribution in [0.25, 0.3) is 0 Å². The minimum Gasteiger partial charge on any atom is -0.478 e. The summed E-state index contributed by atoms with van der Waals surface area (Å²) in [4.78, 5) is 11.0. The Morgan fingerprint density at radius 3 is 2.52 bits per heavy atom. The first-order valence-electron chi connectivity index (χ1n) is 7.13. The van der Waals surface area contributed by atoms with E-state index < -0.39 is 5.97 Å². The van der Waals surface area contributed by atoms with E-state index in [0.717, 1.165) is 17.7 Å². The molecule has 0 aliphatic heterocycles. The maximum Gasteiger partial charge on any atom is 0.335 e. The van der Waals surface area contributed by atoms with Gasteiger partial charge in [-0.1, -0.05) is 32.0 Å². The van der Waals surface area contributed by atoms with E-state index in [4.69, 9.17) is 9.84 Å². The molecule has 3 nitrogen and oxygen atoms in total. The lowest BCUT2D eigenvalue weighted by atomic mass is 9.98. The van der Waals surface area contributed by atoms with Crippen molar-refractivity contribution in [3.05, 3.63) is 59.2 Å². The quantitative estimate of drug-likeness (QED) is 0.840. The van der Waals surface area contributed by atoms with Crippen LogP contribution in [-0.4, -0.2) is 11.1 Å². The fourth-order valence-corrected chi connectivity index (χ4v) is 2.22. The molecule has 21 heavy (non-hydrogen) atoms. The highest BCUT2D eigenvalue weighted by Gasteiger charge is 2.12. The van der Waals surface area contributed by atoms with Gasteiger partial charge in [0.2, 0.25) is 0 Å². The van der Waals surface area contributed by atoms with E-state index in [2.05, 4.69) is 19.9 Å². The largest absolute Gasteiger partial charge is 0.478 e. The fraction of sp³-hybridized carbons (Fsp3) is 0.278. The van der Waals surface area contributed by atoms with E-state index in [-0.39, 0.29) is 5.56 Å². The first-order chi connectivity index (χ1) is 10.0. The summed E-state index contributed by atoms with van der Waals surface area (Å²) in [6.45, 7) is 6.17. The van der Waals surface area contributed by atoms with Crippen LogP contribution in [0, 0.1) is 6.92 Å². The summed E-state index contributed by atoms with van der Waals surface area (Å²) in [5, 5.41) is 9.00. The van der Waals surface area contributed by atoms with Gasteiger partial charge in [0.25, 0.3) is 0 Å². The molecule has 1 atom stereocenters. The second-order valence-corrected chi connectivity index (χ2v) is 5.23. The van der Waals surface area contributed by atoms with Crippen molar-refractivity contribution in [3.63, 3.8) is 0 Å². The van der Waals surface area contributed by atoms with Crippen molar-refractivity contribution in [1.29, 1.82) is 0 Å². The molecule has 3 heteroatoms. The summed E-state index contributed by atoms with van der Waals surface area (Å²) >= 11 is 0. The smallest absolute Gasteiger partial charge is 0.335 e.